The Hall–Kier alpha value is -2.11. The van der Waals surface area contributed by atoms with E-state index in [4.69, 9.17) is 4.74 Å². The number of aryl methyl sites for hydroxylation is 1. The lowest BCUT2D eigenvalue weighted by Gasteiger charge is -2.25. The molecule has 23 heavy (non-hydrogen) atoms. The molecule has 1 aromatic carbocycles. The summed E-state index contributed by atoms with van der Waals surface area (Å²) in [5.74, 6) is -0.482. The molecule has 0 aromatic heterocycles. The quantitative estimate of drug-likeness (QED) is 0.895. The molecule has 3 fully saturated rings. The van der Waals surface area contributed by atoms with Gasteiger partial charge in [-0.25, -0.2) is 9.18 Å². The fourth-order valence-corrected chi connectivity index (χ4v) is 3.80. The third-order valence-corrected chi connectivity index (χ3v) is 5.23. The summed E-state index contributed by atoms with van der Waals surface area (Å²) >= 11 is 0. The third kappa shape index (κ3) is 2.36. The molecule has 2 aliphatic carbocycles. The van der Waals surface area contributed by atoms with Gasteiger partial charge in [-0.2, -0.15) is 0 Å². The maximum atomic E-state index is 14.3. The maximum absolute atomic E-state index is 14.3. The number of ether oxygens (including phenoxy) is 1. The molecule has 2 N–H and O–H groups in total. The Bertz CT molecular complexity index is 686. The molecule has 0 spiro atoms. The normalized spacial score (nSPS) is 30.3. The van der Waals surface area contributed by atoms with E-state index in [0.717, 1.165) is 5.56 Å². The first-order valence-electron chi connectivity index (χ1n) is 8.03. The fraction of sp³-hybridized carbons (Fsp3) is 0.529. The van der Waals surface area contributed by atoms with E-state index in [2.05, 4.69) is 10.6 Å². The monoisotopic (exact) mass is 318 g/mol. The number of carbonyl (C=O) groups excluding carboxylic acids is 2. The van der Waals surface area contributed by atoms with Gasteiger partial charge < -0.3 is 15.4 Å². The van der Waals surface area contributed by atoms with Crippen molar-refractivity contribution in [3.8, 4) is 0 Å². The molecule has 1 aromatic rings. The molecule has 3 aliphatic rings. The molecule has 5 nitrogen and oxygen atoms in total. The molecule has 3 atom stereocenters. The number of halogens is 1. The van der Waals surface area contributed by atoms with Gasteiger partial charge in [0.05, 0.1) is 11.5 Å². The number of carbonyl (C=O) groups is 2. The average molecular weight is 318 g/mol. The van der Waals surface area contributed by atoms with Crippen LogP contribution in [-0.4, -0.2) is 30.2 Å². The Kier molecular flexibility index (Phi) is 3.11. The fourth-order valence-electron chi connectivity index (χ4n) is 3.80. The first kappa shape index (κ1) is 14.5. The van der Waals surface area contributed by atoms with Gasteiger partial charge >= 0.3 is 6.09 Å². The highest BCUT2D eigenvalue weighted by molar-refractivity contribution is 5.91. The first-order valence-corrected chi connectivity index (χ1v) is 8.03. The van der Waals surface area contributed by atoms with Crippen molar-refractivity contribution < 1.29 is 18.7 Å². The van der Waals surface area contributed by atoms with E-state index in [9.17, 15) is 14.0 Å². The molecule has 1 saturated heterocycles. The van der Waals surface area contributed by atoms with Gasteiger partial charge in [-0.3, -0.25) is 4.79 Å². The minimum absolute atomic E-state index is 0.0535. The molecule has 2 amide bonds. The summed E-state index contributed by atoms with van der Waals surface area (Å²) in [5, 5.41) is 5.73. The predicted octanol–water partition coefficient (Wildman–Crippen LogP) is 1.92. The van der Waals surface area contributed by atoms with E-state index in [1.54, 1.807) is 6.07 Å². The van der Waals surface area contributed by atoms with Gasteiger partial charge in [0.1, 0.15) is 11.9 Å². The van der Waals surface area contributed by atoms with Crippen molar-refractivity contribution in [1.82, 2.24) is 10.6 Å². The summed E-state index contributed by atoms with van der Waals surface area (Å²) in [6.07, 6.45) is 1.97. The molecule has 4 rings (SSSR count). The van der Waals surface area contributed by atoms with Crippen LogP contribution in [0.2, 0.25) is 0 Å². The standard InChI is InChI=1S/C17H19FN2O3/c1-9-2-3-11(12(18)6-9)17(4-5-17)15(21)20-13-7-10-8-14(13)23-16(22)19-10/h2-3,6,10,13-14H,4-5,7-8H2,1H3,(H,19,22)(H,20,21)/t10-,13-,14-/m1/s1. The van der Waals surface area contributed by atoms with E-state index in [0.29, 0.717) is 31.2 Å². The van der Waals surface area contributed by atoms with Crippen LogP contribution in [-0.2, 0) is 14.9 Å². The highest BCUT2D eigenvalue weighted by Crippen LogP contribution is 2.49. The number of nitrogens with one attached hydrogen (secondary N) is 2. The number of hydrogen-bond donors (Lipinski definition) is 2. The lowest BCUT2D eigenvalue weighted by molar-refractivity contribution is -0.125. The summed E-state index contributed by atoms with van der Waals surface area (Å²) in [6, 6.07) is 4.87. The summed E-state index contributed by atoms with van der Waals surface area (Å²) in [5.41, 5.74) is 0.549. The van der Waals surface area contributed by atoms with Crippen LogP contribution >= 0.6 is 0 Å². The topological polar surface area (TPSA) is 67.4 Å². The van der Waals surface area contributed by atoms with Crippen molar-refractivity contribution in [1.29, 1.82) is 0 Å². The third-order valence-electron chi connectivity index (χ3n) is 5.23. The van der Waals surface area contributed by atoms with Crippen LogP contribution in [0.1, 0.15) is 36.8 Å². The van der Waals surface area contributed by atoms with Crippen LogP contribution in [0.5, 0.6) is 0 Å². The minimum atomic E-state index is -0.758. The van der Waals surface area contributed by atoms with E-state index in [1.807, 2.05) is 13.0 Å². The van der Waals surface area contributed by atoms with Crippen LogP contribution in [0.25, 0.3) is 0 Å². The van der Waals surface area contributed by atoms with Gasteiger partial charge in [-0.05, 0) is 37.8 Å². The molecule has 0 radical (unpaired) electrons. The van der Waals surface area contributed by atoms with Crippen LogP contribution < -0.4 is 10.6 Å². The molecule has 1 aliphatic heterocycles. The first-order chi connectivity index (χ1) is 11.0. The Labute approximate surface area is 133 Å². The van der Waals surface area contributed by atoms with E-state index >= 15 is 0 Å². The number of hydrogen-bond acceptors (Lipinski definition) is 3. The second-order valence-corrected chi connectivity index (χ2v) is 6.90. The van der Waals surface area contributed by atoms with Crippen molar-refractivity contribution in [3.05, 3.63) is 35.1 Å². The average Bonchev–Trinajstić information content (AvgIpc) is 3.22. The number of benzene rings is 1. The van der Waals surface area contributed by atoms with Crippen molar-refractivity contribution in [3.63, 3.8) is 0 Å². The number of alkyl carbamates (subject to hydrolysis) is 1. The summed E-state index contributed by atoms with van der Waals surface area (Å²) < 4.78 is 19.5. The van der Waals surface area contributed by atoms with E-state index in [1.165, 1.54) is 6.07 Å². The molecule has 122 valence electrons. The SMILES string of the molecule is Cc1ccc(C2(C(=O)N[C@@H]3C[C@@H]4C[C@H]3OC(=O)N4)CC2)c(F)c1. The molecular weight excluding hydrogens is 299 g/mol. The van der Waals surface area contributed by atoms with Gasteiger partial charge in [-0.15, -0.1) is 0 Å². The Morgan fingerprint density at radius 2 is 2.17 bits per heavy atom. The lowest BCUT2D eigenvalue weighted by atomic mass is 9.93. The van der Waals surface area contributed by atoms with E-state index in [-0.39, 0.29) is 29.9 Å². The highest BCUT2D eigenvalue weighted by atomic mass is 19.1. The zero-order valence-corrected chi connectivity index (χ0v) is 12.9. The summed E-state index contributed by atoms with van der Waals surface area (Å²) in [7, 11) is 0. The smallest absolute Gasteiger partial charge is 0.407 e. The second kappa shape index (κ2) is 4.94. The molecule has 6 heteroatoms. The van der Waals surface area contributed by atoms with E-state index < -0.39 is 11.5 Å². The summed E-state index contributed by atoms with van der Waals surface area (Å²) in [6.45, 7) is 1.83. The number of fused-ring (bicyclic) bond motifs is 2. The van der Waals surface area contributed by atoms with Crippen molar-refractivity contribution >= 4 is 12.0 Å². The lowest BCUT2D eigenvalue weighted by Crippen LogP contribution is -2.47. The number of amides is 2. The van der Waals surface area contributed by atoms with Crippen LogP contribution in [0.4, 0.5) is 9.18 Å². The molecular formula is C17H19FN2O3. The van der Waals surface area contributed by atoms with Crippen molar-refractivity contribution in [2.24, 2.45) is 0 Å². The van der Waals surface area contributed by atoms with Gasteiger partial charge in [-0.1, -0.05) is 12.1 Å². The second-order valence-electron chi connectivity index (χ2n) is 6.90. The molecule has 2 saturated carbocycles. The maximum Gasteiger partial charge on any atom is 0.407 e. The Balaban J connectivity index is 1.52. The largest absolute Gasteiger partial charge is 0.444 e. The Morgan fingerprint density at radius 1 is 1.39 bits per heavy atom. The number of rotatable bonds is 3. The molecule has 1 heterocycles. The zero-order chi connectivity index (χ0) is 16.2. The van der Waals surface area contributed by atoms with Crippen molar-refractivity contribution in [2.75, 3.05) is 0 Å². The highest BCUT2D eigenvalue weighted by Gasteiger charge is 2.54. The molecule has 2 bridgehead atoms. The Morgan fingerprint density at radius 3 is 2.87 bits per heavy atom. The van der Waals surface area contributed by atoms with Gasteiger partial charge in [0.15, 0.2) is 0 Å². The van der Waals surface area contributed by atoms with Gasteiger partial charge in [0.2, 0.25) is 5.91 Å². The van der Waals surface area contributed by atoms with Crippen LogP contribution in [0.15, 0.2) is 18.2 Å². The van der Waals surface area contributed by atoms with Gasteiger partial charge in [0, 0.05) is 18.0 Å². The van der Waals surface area contributed by atoms with Gasteiger partial charge in [0.25, 0.3) is 0 Å². The predicted molar refractivity (Wildman–Crippen MR) is 80.4 cm³/mol. The van der Waals surface area contributed by atoms with Crippen LogP contribution in [0, 0.1) is 12.7 Å². The van der Waals surface area contributed by atoms with Crippen LogP contribution in [0.3, 0.4) is 0 Å². The summed E-state index contributed by atoms with van der Waals surface area (Å²) in [4.78, 5) is 24.1. The molecule has 0 unspecified atom stereocenters. The minimum Gasteiger partial charge on any atom is -0.444 e. The van der Waals surface area contributed by atoms with Crippen molar-refractivity contribution in [2.45, 2.75) is 56.2 Å². The zero-order valence-electron chi connectivity index (χ0n) is 12.9.